The van der Waals surface area contributed by atoms with E-state index in [0.717, 1.165) is 0 Å². The summed E-state index contributed by atoms with van der Waals surface area (Å²) in [6, 6.07) is -0.713. The summed E-state index contributed by atoms with van der Waals surface area (Å²) < 4.78 is 0. The number of hydrogen-bond donors (Lipinski definition) is 2. The zero-order chi connectivity index (χ0) is 8.93. The number of rotatable bonds is 0. The third-order valence-electron chi connectivity index (χ3n) is 2.57. The van der Waals surface area contributed by atoms with Gasteiger partial charge in [-0.1, -0.05) is 6.92 Å². The molecule has 12 heavy (non-hydrogen) atoms. The zero-order valence-corrected chi connectivity index (χ0v) is 6.51. The van der Waals surface area contributed by atoms with E-state index in [-0.39, 0.29) is 5.92 Å². The van der Waals surface area contributed by atoms with E-state index < -0.39 is 23.3 Å². The first-order chi connectivity index (χ1) is 5.57. The summed E-state index contributed by atoms with van der Waals surface area (Å²) in [7, 11) is 0. The Morgan fingerprint density at radius 2 is 1.67 bits per heavy atom. The molecule has 2 aliphatic rings. The summed E-state index contributed by atoms with van der Waals surface area (Å²) in [5.74, 6) is -0.863. The van der Waals surface area contributed by atoms with Crippen LogP contribution in [0, 0.1) is 11.3 Å². The Kier molecular flexibility index (Phi) is 1.12. The Balaban J connectivity index is 2.31. The van der Waals surface area contributed by atoms with Gasteiger partial charge in [-0.3, -0.25) is 20.2 Å². The van der Waals surface area contributed by atoms with Crippen molar-refractivity contribution in [3.63, 3.8) is 0 Å². The molecule has 1 saturated carbocycles. The lowest BCUT2D eigenvalue weighted by Gasteiger charge is -2.20. The maximum Gasteiger partial charge on any atom is 0.328 e. The van der Waals surface area contributed by atoms with E-state index in [9.17, 15) is 14.4 Å². The Hall–Kier alpha value is -1.39. The first kappa shape index (κ1) is 7.27. The van der Waals surface area contributed by atoms with Crippen LogP contribution < -0.4 is 10.6 Å². The second-order valence-electron chi connectivity index (χ2n) is 3.31. The van der Waals surface area contributed by atoms with Crippen LogP contribution in [0.15, 0.2) is 0 Å². The average molecular weight is 168 g/mol. The molecule has 2 N–H and O–H groups in total. The van der Waals surface area contributed by atoms with Crippen LogP contribution in [0.25, 0.3) is 0 Å². The maximum absolute atomic E-state index is 11.2. The minimum absolute atomic E-state index is 0.0469. The van der Waals surface area contributed by atoms with Crippen molar-refractivity contribution in [1.29, 1.82) is 0 Å². The molecule has 0 aromatic rings. The fraction of sp³-hybridized carbons (Fsp3) is 0.571. The molecule has 1 atom stereocenters. The van der Waals surface area contributed by atoms with Crippen molar-refractivity contribution in [2.24, 2.45) is 11.3 Å². The van der Waals surface area contributed by atoms with Crippen LogP contribution in [0.4, 0.5) is 4.79 Å². The highest BCUT2D eigenvalue weighted by Gasteiger charge is 2.65. The average Bonchev–Trinajstić information content (AvgIpc) is 2.59. The molecule has 4 amide bonds. The van der Waals surface area contributed by atoms with Crippen LogP contribution in [0.5, 0.6) is 0 Å². The summed E-state index contributed by atoms with van der Waals surface area (Å²) in [6.45, 7) is 1.81. The molecule has 5 heteroatoms. The SMILES string of the molecule is CC1CC12C(=O)NC(=O)NC2=O. The van der Waals surface area contributed by atoms with Gasteiger partial charge in [0.25, 0.3) is 0 Å². The summed E-state index contributed by atoms with van der Waals surface area (Å²) in [4.78, 5) is 33.1. The molecule has 0 radical (unpaired) electrons. The van der Waals surface area contributed by atoms with Gasteiger partial charge >= 0.3 is 6.03 Å². The Morgan fingerprint density at radius 1 is 1.25 bits per heavy atom. The first-order valence-electron chi connectivity index (χ1n) is 3.74. The van der Waals surface area contributed by atoms with Gasteiger partial charge in [0.05, 0.1) is 0 Å². The number of carbonyl (C=O) groups is 3. The van der Waals surface area contributed by atoms with Crippen LogP contribution in [0.2, 0.25) is 0 Å². The van der Waals surface area contributed by atoms with E-state index in [1.165, 1.54) is 0 Å². The minimum Gasteiger partial charge on any atom is -0.277 e. The van der Waals surface area contributed by atoms with Gasteiger partial charge in [0.15, 0.2) is 0 Å². The molecule has 1 spiro atoms. The van der Waals surface area contributed by atoms with E-state index >= 15 is 0 Å². The van der Waals surface area contributed by atoms with Crippen LogP contribution in [0.3, 0.4) is 0 Å². The lowest BCUT2D eigenvalue weighted by atomic mass is 10.0. The molecule has 2 fully saturated rings. The van der Waals surface area contributed by atoms with Crippen molar-refractivity contribution in [1.82, 2.24) is 10.6 Å². The quantitative estimate of drug-likeness (QED) is 0.473. The molecule has 0 aromatic heterocycles. The summed E-state index contributed by atoms with van der Waals surface area (Å²) in [5.41, 5.74) is -0.937. The highest BCUT2D eigenvalue weighted by Crippen LogP contribution is 2.53. The predicted octanol–water partition coefficient (Wildman–Crippen LogP) is -0.621. The normalized spacial score (nSPS) is 31.4. The molecule has 1 aliphatic carbocycles. The summed E-state index contributed by atoms with van der Waals surface area (Å²) >= 11 is 0. The molecule has 5 nitrogen and oxygen atoms in total. The lowest BCUT2D eigenvalue weighted by molar-refractivity contribution is -0.138. The van der Waals surface area contributed by atoms with E-state index in [0.29, 0.717) is 6.42 Å². The number of imide groups is 2. The van der Waals surface area contributed by atoms with Crippen LogP contribution in [-0.4, -0.2) is 17.8 Å². The largest absolute Gasteiger partial charge is 0.328 e. The lowest BCUT2D eigenvalue weighted by Crippen LogP contribution is -2.57. The van der Waals surface area contributed by atoms with Crippen molar-refractivity contribution in [2.45, 2.75) is 13.3 Å². The standard InChI is InChI=1S/C7H8N2O3/c1-3-2-7(3)4(10)8-6(12)9-5(7)11/h3H,2H2,1H3,(H2,8,9,10,11,12). The molecule has 1 heterocycles. The summed E-state index contributed by atoms with van der Waals surface area (Å²) in [5, 5.41) is 4.17. The first-order valence-corrected chi connectivity index (χ1v) is 3.74. The van der Waals surface area contributed by atoms with Gasteiger partial charge in [-0.2, -0.15) is 0 Å². The number of hydrogen-bond acceptors (Lipinski definition) is 3. The second kappa shape index (κ2) is 1.85. The molecule has 1 unspecified atom stereocenters. The molecule has 64 valence electrons. The Bertz CT molecular complexity index is 277. The van der Waals surface area contributed by atoms with E-state index in [2.05, 4.69) is 10.6 Å². The van der Waals surface area contributed by atoms with Gasteiger partial charge in [0.2, 0.25) is 11.8 Å². The highest BCUT2D eigenvalue weighted by molar-refractivity contribution is 6.21. The van der Waals surface area contributed by atoms with Gasteiger partial charge in [-0.25, -0.2) is 4.79 Å². The molecule has 0 aromatic carbocycles. The number of carbonyl (C=O) groups excluding carboxylic acids is 3. The molecule has 0 bridgehead atoms. The van der Waals surface area contributed by atoms with Crippen LogP contribution in [0.1, 0.15) is 13.3 Å². The summed E-state index contributed by atoms with van der Waals surface area (Å²) in [6.07, 6.45) is 0.540. The third kappa shape index (κ3) is 0.654. The van der Waals surface area contributed by atoms with Gasteiger partial charge < -0.3 is 0 Å². The van der Waals surface area contributed by atoms with Crippen molar-refractivity contribution < 1.29 is 14.4 Å². The van der Waals surface area contributed by atoms with Crippen molar-refractivity contribution in [3.8, 4) is 0 Å². The topological polar surface area (TPSA) is 75.3 Å². The fourth-order valence-corrected chi connectivity index (χ4v) is 1.62. The maximum atomic E-state index is 11.2. The van der Waals surface area contributed by atoms with E-state index in [1.807, 2.05) is 6.92 Å². The third-order valence-corrected chi connectivity index (χ3v) is 2.57. The minimum atomic E-state index is -0.937. The number of amides is 4. The molecule has 1 aliphatic heterocycles. The molecular weight excluding hydrogens is 160 g/mol. The van der Waals surface area contributed by atoms with Crippen molar-refractivity contribution >= 4 is 17.8 Å². The fourth-order valence-electron chi connectivity index (χ4n) is 1.62. The van der Waals surface area contributed by atoms with E-state index in [4.69, 9.17) is 0 Å². The number of nitrogens with one attached hydrogen (secondary N) is 2. The molecule has 1 saturated heterocycles. The van der Waals surface area contributed by atoms with Crippen LogP contribution in [-0.2, 0) is 9.59 Å². The monoisotopic (exact) mass is 168 g/mol. The molecule has 2 rings (SSSR count). The zero-order valence-electron chi connectivity index (χ0n) is 6.51. The second-order valence-corrected chi connectivity index (χ2v) is 3.31. The van der Waals surface area contributed by atoms with Crippen molar-refractivity contribution in [3.05, 3.63) is 0 Å². The highest BCUT2D eigenvalue weighted by atomic mass is 16.2. The van der Waals surface area contributed by atoms with Gasteiger partial charge in [0, 0.05) is 0 Å². The number of urea groups is 1. The smallest absolute Gasteiger partial charge is 0.277 e. The van der Waals surface area contributed by atoms with Gasteiger partial charge in [0.1, 0.15) is 5.41 Å². The Labute approximate surface area is 68.5 Å². The number of barbiturate groups is 1. The van der Waals surface area contributed by atoms with E-state index in [1.54, 1.807) is 0 Å². The predicted molar refractivity (Wildman–Crippen MR) is 37.9 cm³/mol. The van der Waals surface area contributed by atoms with Crippen LogP contribution >= 0.6 is 0 Å². The van der Waals surface area contributed by atoms with Gasteiger partial charge in [-0.15, -0.1) is 0 Å². The Morgan fingerprint density at radius 3 is 2.00 bits per heavy atom. The van der Waals surface area contributed by atoms with Gasteiger partial charge in [-0.05, 0) is 12.3 Å². The van der Waals surface area contributed by atoms with Crippen molar-refractivity contribution in [2.75, 3.05) is 0 Å². The molecular formula is C7H8N2O3.